The summed E-state index contributed by atoms with van der Waals surface area (Å²) >= 11 is 1.39. The van der Waals surface area contributed by atoms with E-state index >= 15 is 0 Å². The lowest BCUT2D eigenvalue weighted by atomic mass is 10.1. The van der Waals surface area contributed by atoms with Gasteiger partial charge in [0.25, 0.3) is 5.91 Å². The van der Waals surface area contributed by atoms with E-state index in [0.717, 1.165) is 21.6 Å². The topological polar surface area (TPSA) is 74.3 Å². The molecule has 130 valence electrons. The van der Waals surface area contributed by atoms with Crippen molar-refractivity contribution in [2.75, 3.05) is 16.8 Å². The van der Waals surface area contributed by atoms with Crippen LogP contribution < -0.4 is 15.5 Å². The lowest BCUT2D eigenvalue weighted by Crippen LogP contribution is -2.44. The summed E-state index contributed by atoms with van der Waals surface area (Å²) in [6.45, 7) is 0.617. The first-order valence-electron chi connectivity index (χ1n) is 8.52. The summed E-state index contributed by atoms with van der Waals surface area (Å²) < 4.78 is 0.995. The van der Waals surface area contributed by atoms with Gasteiger partial charge in [0.05, 0.1) is 21.6 Å². The normalized spacial score (nSPS) is 21.2. The molecule has 0 radical (unpaired) electrons. The van der Waals surface area contributed by atoms with Crippen LogP contribution in [0.1, 0.15) is 16.2 Å². The number of rotatable bonds is 2. The molecule has 3 heterocycles. The summed E-state index contributed by atoms with van der Waals surface area (Å²) in [5.41, 5.74) is 2.67. The number of carbonyl (C=O) groups excluding carboxylic acids is 2. The monoisotopic (exact) mass is 364 g/mol. The van der Waals surface area contributed by atoms with Crippen LogP contribution in [0.2, 0.25) is 0 Å². The van der Waals surface area contributed by atoms with Gasteiger partial charge in [-0.15, -0.1) is 11.3 Å². The number of carbonyl (C=O) groups is 2. The average molecular weight is 364 g/mol. The summed E-state index contributed by atoms with van der Waals surface area (Å²) in [5, 5.41) is 6.46. The molecule has 26 heavy (non-hydrogen) atoms. The minimum Gasteiger partial charge on any atom is -0.356 e. The van der Waals surface area contributed by atoms with E-state index in [1.165, 1.54) is 11.3 Å². The number of hydrogen-bond donors (Lipinski definition) is 2. The molecule has 5 rings (SSSR count). The zero-order valence-electron chi connectivity index (χ0n) is 13.8. The van der Waals surface area contributed by atoms with Gasteiger partial charge in [0, 0.05) is 12.6 Å². The Kier molecular flexibility index (Phi) is 3.43. The fourth-order valence-corrected chi connectivity index (χ4v) is 4.59. The Balaban J connectivity index is 1.36. The molecule has 0 saturated carbocycles. The molecule has 7 heteroatoms. The fourth-order valence-electron chi connectivity index (χ4n) is 3.72. The molecule has 0 spiro atoms. The van der Waals surface area contributed by atoms with Crippen LogP contribution in [0, 0.1) is 0 Å². The van der Waals surface area contributed by atoms with Crippen molar-refractivity contribution in [2.45, 2.75) is 18.5 Å². The van der Waals surface area contributed by atoms with Crippen molar-refractivity contribution >= 4 is 44.7 Å². The molecule has 2 amide bonds. The standard InChI is InChI=1S/C19H16N4O2S/c24-17-15-9-11(10-23(15)14-7-3-1-5-12(14)21-17)20-18(25)19-22-13-6-2-4-8-16(13)26-19/h1-8,11,15H,9-10H2,(H,20,25)(H,21,24). The van der Waals surface area contributed by atoms with Crippen molar-refractivity contribution in [3.63, 3.8) is 0 Å². The summed E-state index contributed by atoms with van der Waals surface area (Å²) in [6.07, 6.45) is 0.594. The Labute approximate surface area is 153 Å². The van der Waals surface area contributed by atoms with E-state index < -0.39 is 0 Å². The molecule has 2 aromatic carbocycles. The van der Waals surface area contributed by atoms with E-state index in [4.69, 9.17) is 0 Å². The van der Waals surface area contributed by atoms with Gasteiger partial charge >= 0.3 is 0 Å². The van der Waals surface area contributed by atoms with E-state index in [1.54, 1.807) is 0 Å². The van der Waals surface area contributed by atoms with Crippen molar-refractivity contribution in [1.29, 1.82) is 0 Å². The van der Waals surface area contributed by atoms with Gasteiger partial charge in [0.15, 0.2) is 5.01 Å². The molecule has 2 unspecified atom stereocenters. The molecule has 2 aliphatic heterocycles. The number of fused-ring (bicyclic) bond motifs is 4. The third-order valence-corrected chi connectivity index (χ3v) is 5.93. The highest BCUT2D eigenvalue weighted by Gasteiger charge is 2.41. The Bertz CT molecular complexity index is 998. The van der Waals surface area contributed by atoms with Crippen LogP contribution in [0.5, 0.6) is 0 Å². The lowest BCUT2D eigenvalue weighted by Gasteiger charge is -2.32. The van der Waals surface area contributed by atoms with E-state index in [-0.39, 0.29) is 23.9 Å². The van der Waals surface area contributed by atoms with Crippen molar-refractivity contribution in [3.8, 4) is 0 Å². The first-order chi connectivity index (χ1) is 12.7. The van der Waals surface area contributed by atoms with E-state index in [2.05, 4.69) is 20.5 Å². The second-order valence-corrected chi connectivity index (χ2v) is 7.60. The molecule has 0 bridgehead atoms. The third kappa shape index (κ3) is 2.43. The van der Waals surface area contributed by atoms with E-state index in [0.29, 0.717) is 18.0 Å². The highest BCUT2D eigenvalue weighted by Crippen LogP contribution is 2.36. The molecular formula is C19H16N4O2S. The molecule has 1 fully saturated rings. The third-order valence-electron chi connectivity index (χ3n) is 4.90. The summed E-state index contributed by atoms with van der Waals surface area (Å²) in [6, 6.07) is 15.1. The number of para-hydroxylation sites is 3. The fraction of sp³-hybridized carbons (Fsp3) is 0.211. The maximum absolute atomic E-state index is 12.6. The maximum Gasteiger partial charge on any atom is 0.280 e. The van der Waals surface area contributed by atoms with Crippen molar-refractivity contribution in [2.24, 2.45) is 0 Å². The smallest absolute Gasteiger partial charge is 0.280 e. The maximum atomic E-state index is 12.6. The Morgan fingerprint density at radius 3 is 2.88 bits per heavy atom. The number of thiazole rings is 1. The molecule has 1 saturated heterocycles. The van der Waals surface area contributed by atoms with Gasteiger partial charge in [-0.2, -0.15) is 0 Å². The second-order valence-electron chi connectivity index (χ2n) is 6.57. The Morgan fingerprint density at radius 1 is 1.19 bits per heavy atom. The summed E-state index contributed by atoms with van der Waals surface area (Å²) in [5.74, 6) is -0.190. The van der Waals surface area contributed by atoms with Gasteiger partial charge in [0.1, 0.15) is 6.04 Å². The van der Waals surface area contributed by atoms with Crippen LogP contribution in [0.25, 0.3) is 10.2 Å². The zero-order chi connectivity index (χ0) is 17.7. The number of nitrogens with one attached hydrogen (secondary N) is 2. The number of benzene rings is 2. The Morgan fingerprint density at radius 2 is 2.00 bits per heavy atom. The molecule has 0 aliphatic carbocycles. The van der Waals surface area contributed by atoms with E-state index in [1.807, 2.05) is 48.5 Å². The molecule has 2 atom stereocenters. The minimum absolute atomic E-state index is 0.0135. The van der Waals surface area contributed by atoms with Crippen LogP contribution in [0.3, 0.4) is 0 Å². The van der Waals surface area contributed by atoms with Gasteiger partial charge in [-0.05, 0) is 30.7 Å². The number of anilines is 2. The van der Waals surface area contributed by atoms with Crippen LogP contribution in [-0.2, 0) is 4.79 Å². The predicted molar refractivity (Wildman–Crippen MR) is 102 cm³/mol. The molecule has 6 nitrogen and oxygen atoms in total. The molecule has 2 aliphatic rings. The van der Waals surface area contributed by atoms with Gasteiger partial charge < -0.3 is 15.5 Å². The number of hydrogen-bond acceptors (Lipinski definition) is 5. The minimum atomic E-state index is -0.245. The average Bonchev–Trinajstić information content (AvgIpc) is 3.26. The largest absolute Gasteiger partial charge is 0.356 e. The van der Waals surface area contributed by atoms with Crippen molar-refractivity contribution < 1.29 is 9.59 Å². The highest BCUT2D eigenvalue weighted by molar-refractivity contribution is 7.20. The summed E-state index contributed by atoms with van der Waals surface area (Å²) in [7, 11) is 0. The first kappa shape index (κ1) is 15.3. The van der Waals surface area contributed by atoms with Crippen molar-refractivity contribution in [3.05, 3.63) is 53.5 Å². The predicted octanol–water partition coefficient (Wildman–Crippen LogP) is 2.63. The lowest BCUT2D eigenvalue weighted by molar-refractivity contribution is -0.117. The van der Waals surface area contributed by atoms with E-state index in [9.17, 15) is 9.59 Å². The SMILES string of the molecule is O=C(NC1CC2C(=O)Nc3ccccc3N2C1)c1nc2ccccc2s1. The second kappa shape index (κ2) is 5.81. The number of nitrogens with zero attached hydrogens (tertiary/aromatic N) is 2. The Hall–Kier alpha value is -2.93. The summed E-state index contributed by atoms with van der Waals surface area (Å²) in [4.78, 5) is 31.5. The quantitative estimate of drug-likeness (QED) is 0.733. The van der Waals surface area contributed by atoms with Crippen molar-refractivity contribution in [1.82, 2.24) is 10.3 Å². The van der Waals surface area contributed by atoms with Gasteiger partial charge in [0.2, 0.25) is 5.91 Å². The molecule has 3 aromatic rings. The number of aromatic nitrogens is 1. The van der Waals surface area contributed by atoms with Crippen LogP contribution in [0.15, 0.2) is 48.5 Å². The van der Waals surface area contributed by atoms with Crippen LogP contribution >= 0.6 is 11.3 Å². The van der Waals surface area contributed by atoms with Gasteiger partial charge in [-0.1, -0.05) is 24.3 Å². The van der Waals surface area contributed by atoms with Crippen LogP contribution in [0.4, 0.5) is 11.4 Å². The zero-order valence-corrected chi connectivity index (χ0v) is 14.6. The van der Waals surface area contributed by atoms with Gasteiger partial charge in [-0.25, -0.2) is 4.98 Å². The van der Waals surface area contributed by atoms with Gasteiger partial charge in [-0.3, -0.25) is 9.59 Å². The molecular weight excluding hydrogens is 348 g/mol. The first-order valence-corrected chi connectivity index (χ1v) is 9.34. The molecule has 2 N–H and O–H groups in total. The van der Waals surface area contributed by atoms with Crippen LogP contribution in [-0.4, -0.2) is 35.4 Å². The highest BCUT2D eigenvalue weighted by atomic mass is 32.1. The number of amides is 2. The molecule has 1 aromatic heterocycles.